The molecule has 1 aliphatic rings. The van der Waals surface area contributed by atoms with Gasteiger partial charge in [0.15, 0.2) is 4.84 Å². The van der Waals surface area contributed by atoms with Crippen LogP contribution >= 0.6 is 23.2 Å². The van der Waals surface area contributed by atoms with E-state index in [1.54, 1.807) is 36.7 Å². The van der Waals surface area contributed by atoms with Gasteiger partial charge in [0.05, 0.1) is 0 Å². The molecule has 0 N–H and O–H groups in total. The number of allylic oxidation sites excluding steroid dienone is 4. The molecule has 0 bridgehead atoms. The Labute approximate surface area is 80.7 Å². The molecule has 1 amide bonds. The summed E-state index contributed by atoms with van der Waals surface area (Å²) in [5, 5.41) is 0. The molecule has 0 spiro atoms. The first-order valence-electron chi connectivity index (χ1n) is 3.34. The van der Waals surface area contributed by atoms with Gasteiger partial charge in [-0.2, -0.15) is 0 Å². The predicted molar refractivity (Wildman–Crippen MR) is 49.8 cm³/mol. The number of carbonyl (C=O) groups is 1. The molecule has 0 fully saturated rings. The molecule has 0 saturated carbocycles. The van der Waals surface area contributed by atoms with Crippen LogP contribution in [0.3, 0.4) is 0 Å². The van der Waals surface area contributed by atoms with E-state index in [1.807, 2.05) is 0 Å². The maximum absolute atomic E-state index is 11.2. The highest BCUT2D eigenvalue weighted by Crippen LogP contribution is 2.09. The van der Waals surface area contributed by atoms with Gasteiger partial charge in [0.2, 0.25) is 0 Å². The van der Waals surface area contributed by atoms with Crippen LogP contribution in [0, 0.1) is 0 Å². The molecular formula is C8H7Cl2NO. The number of amides is 1. The van der Waals surface area contributed by atoms with E-state index in [4.69, 9.17) is 23.2 Å². The average molecular weight is 204 g/mol. The highest BCUT2D eigenvalue weighted by atomic mass is 35.5. The van der Waals surface area contributed by atoms with E-state index in [0.29, 0.717) is 0 Å². The largest absolute Gasteiger partial charge is 0.292 e. The molecule has 12 heavy (non-hydrogen) atoms. The van der Waals surface area contributed by atoms with Crippen LogP contribution in [0.5, 0.6) is 0 Å². The second-order valence-corrected chi connectivity index (χ2v) is 3.21. The van der Waals surface area contributed by atoms with Crippen molar-refractivity contribution in [2.24, 2.45) is 0 Å². The van der Waals surface area contributed by atoms with Crippen LogP contribution in [0.4, 0.5) is 0 Å². The first kappa shape index (κ1) is 9.36. The Morgan fingerprint density at radius 3 is 2.00 bits per heavy atom. The van der Waals surface area contributed by atoms with Crippen LogP contribution in [0.25, 0.3) is 0 Å². The summed E-state index contributed by atoms with van der Waals surface area (Å²) < 4.78 is 0. The van der Waals surface area contributed by atoms with Crippen molar-refractivity contribution >= 4 is 29.1 Å². The monoisotopic (exact) mass is 203 g/mol. The van der Waals surface area contributed by atoms with Gasteiger partial charge in [-0.05, 0) is 12.2 Å². The third-order valence-electron chi connectivity index (χ3n) is 1.27. The van der Waals surface area contributed by atoms with Crippen LogP contribution in [0.2, 0.25) is 0 Å². The van der Waals surface area contributed by atoms with Gasteiger partial charge in [0.1, 0.15) is 0 Å². The highest BCUT2D eigenvalue weighted by molar-refractivity contribution is 6.53. The van der Waals surface area contributed by atoms with E-state index in [-0.39, 0.29) is 5.91 Å². The zero-order valence-electron chi connectivity index (χ0n) is 6.15. The molecule has 1 rings (SSSR count). The number of nitrogens with zero attached hydrogens (tertiary/aromatic N) is 1. The molecule has 1 heterocycles. The van der Waals surface area contributed by atoms with E-state index in [0.717, 1.165) is 0 Å². The fourth-order valence-corrected chi connectivity index (χ4v) is 0.948. The lowest BCUT2D eigenvalue weighted by Gasteiger charge is -2.12. The van der Waals surface area contributed by atoms with Gasteiger partial charge in [-0.1, -0.05) is 35.4 Å². The SMILES string of the molecule is O=C(C(Cl)Cl)N1C=CC=CC=C1. The molecule has 64 valence electrons. The van der Waals surface area contributed by atoms with Gasteiger partial charge in [-0.25, -0.2) is 0 Å². The molecule has 2 nitrogen and oxygen atoms in total. The Morgan fingerprint density at radius 1 is 1.08 bits per heavy atom. The van der Waals surface area contributed by atoms with Crippen molar-refractivity contribution in [2.45, 2.75) is 4.84 Å². The highest BCUT2D eigenvalue weighted by Gasteiger charge is 2.16. The van der Waals surface area contributed by atoms with Gasteiger partial charge < -0.3 is 0 Å². The van der Waals surface area contributed by atoms with E-state index in [2.05, 4.69) is 0 Å². The lowest BCUT2D eigenvalue weighted by Crippen LogP contribution is -2.25. The van der Waals surface area contributed by atoms with E-state index in [1.165, 1.54) is 4.90 Å². The van der Waals surface area contributed by atoms with Gasteiger partial charge in [0.25, 0.3) is 5.91 Å². The first-order chi connectivity index (χ1) is 5.72. The molecule has 4 heteroatoms. The molecule has 0 atom stereocenters. The van der Waals surface area contributed by atoms with Crippen molar-refractivity contribution in [3.63, 3.8) is 0 Å². The number of alkyl halides is 2. The quantitative estimate of drug-likeness (QED) is 0.599. The minimum atomic E-state index is -1.02. The van der Waals surface area contributed by atoms with Crippen LogP contribution < -0.4 is 0 Å². The number of halogens is 2. The molecule has 0 aliphatic carbocycles. The summed E-state index contributed by atoms with van der Waals surface area (Å²) in [4.78, 5) is 11.5. The number of hydrogen-bond acceptors (Lipinski definition) is 1. The van der Waals surface area contributed by atoms with Crippen LogP contribution in [0.1, 0.15) is 0 Å². The second kappa shape index (κ2) is 4.33. The zero-order chi connectivity index (χ0) is 8.97. The van der Waals surface area contributed by atoms with Crippen molar-refractivity contribution in [3.05, 3.63) is 36.7 Å². The predicted octanol–water partition coefficient (Wildman–Crippen LogP) is 2.22. The van der Waals surface area contributed by atoms with Crippen molar-refractivity contribution in [1.82, 2.24) is 4.90 Å². The van der Waals surface area contributed by atoms with E-state index in [9.17, 15) is 4.79 Å². The van der Waals surface area contributed by atoms with Gasteiger partial charge in [-0.15, -0.1) is 0 Å². The Balaban J connectivity index is 2.70. The molecule has 0 aromatic carbocycles. The summed E-state index contributed by atoms with van der Waals surface area (Å²) in [6.45, 7) is 0. The second-order valence-electron chi connectivity index (χ2n) is 2.11. The molecule has 0 radical (unpaired) electrons. The summed E-state index contributed by atoms with van der Waals surface area (Å²) in [5.74, 6) is -0.352. The number of carbonyl (C=O) groups excluding carboxylic acids is 1. The molecule has 0 saturated heterocycles. The summed E-state index contributed by atoms with van der Waals surface area (Å²) in [7, 11) is 0. The van der Waals surface area contributed by atoms with Gasteiger partial charge in [0, 0.05) is 12.4 Å². The molecule has 0 unspecified atom stereocenters. The molecular weight excluding hydrogens is 197 g/mol. The standard InChI is InChI=1S/C8H7Cl2NO/c9-7(10)8(12)11-5-3-1-2-4-6-11/h1-7H. The molecule has 0 aromatic rings. The normalized spacial score (nSPS) is 15.4. The van der Waals surface area contributed by atoms with Crippen molar-refractivity contribution in [3.8, 4) is 0 Å². The Bertz CT molecular complexity index is 240. The van der Waals surface area contributed by atoms with Crippen molar-refractivity contribution in [2.75, 3.05) is 0 Å². The zero-order valence-corrected chi connectivity index (χ0v) is 7.66. The topological polar surface area (TPSA) is 20.3 Å². The lowest BCUT2D eigenvalue weighted by atomic mass is 10.5. The minimum absolute atomic E-state index is 0.352. The van der Waals surface area contributed by atoms with Gasteiger partial charge in [-0.3, -0.25) is 9.69 Å². The Morgan fingerprint density at radius 2 is 1.58 bits per heavy atom. The lowest BCUT2D eigenvalue weighted by molar-refractivity contribution is -0.124. The Kier molecular flexibility index (Phi) is 3.38. The molecule has 0 aromatic heterocycles. The summed E-state index contributed by atoms with van der Waals surface area (Å²) in [6, 6.07) is 0. The minimum Gasteiger partial charge on any atom is -0.292 e. The number of rotatable bonds is 1. The van der Waals surface area contributed by atoms with Crippen LogP contribution in [-0.2, 0) is 4.79 Å². The smallest absolute Gasteiger partial charge is 0.263 e. The van der Waals surface area contributed by atoms with Crippen molar-refractivity contribution < 1.29 is 4.79 Å². The summed E-state index contributed by atoms with van der Waals surface area (Å²) >= 11 is 10.8. The van der Waals surface area contributed by atoms with Gasteiger partial charge >= 0.3 is 0 Å². The third kappa shape index (κ3) is 2.40. The van der Waals surface area contributed by atoms with Crippen LogP contribution in [0.15, 0.2) is 36.7 Å². The Hall–Kier alpha value is -0.730. The van der Waals surface area contributed by atoms with E-state index < -0.39 is 4.84 Å². The fraction of sp³-hybridized carbons (Fsp3) is 0.125. The van der Waals surface area contributed by atoms with E-state index >= 15 is 0 Å². The average Bonchev–Trinajstić information content (AvgIpc) is 2.30. The summed E-state index contributed by atoms with van der Waals surface area (Å²) in [5.41, 5.74) is 0. The van der Waals surface area contributed by atoms with Crippen LogP contribution in [-0.4, -0.2) is 15.6 Å². The first-order valence-corrected chi connectivity index (χ1v) is 4.21. The maximum atomic E-state index is 11.2. The maximum Gasteiger partial charge on any atom is 0.263 e. The summed E-state index contributed by atoms with van der Waals surface area (Å²) in [6.07, 6.45) is 10.3. The fourth-order valence-electron chi connectivity index (χ4n) is 0.722. The molecule has 1 aliphatic heterocycles. The third-order valence-corrected chi connectivity index (χ3v) is 1.64. The van der Waals surface area contributed by atoms with Crippen molar-refractivity contribution in [1.29, 1.82) is 0 Å². The number of hydrogen-bond donors (Lipinski definition) is 0.